The molecular formula is C12H20N2O3. The van der Waals surface area contributed by atoms with Crippen molar-refractivity contribution >= 4 is 11.9 Å². The van der Waals surface area contributed by atoms with Crippen molar-refractivity contribution in [3.05, 3.63) is 0 Å². The predicted octanol–water partition coefficient (Wildman–Crippen LogP) is 0.293. The summed E-state index contributed by atoms with van der Waals surface area (Å²) in [5.74, 6) is -0.141. The number of amides is 1. The summed E-state index contributed by atoms with van der Waals surface area (Å²) in [6.07, 6.45) is 4.67. The number of rotatable bonds is 2. The van der Waals surface area contributed by atoms with E-state index in [1.165, 1.54) is 7.11 Å². The van der Waals surface area contributed by atoms with Crippen LogP contribution in [0, 0.1) is 0 Å². The molecule has 96 valence electrons. The lowest BCUT2D eigenvalue weighted by Gasteiger charge is -2.29. The van der Waals surface area contributed by atoms with E-state index in [0.717, 1.165) is 45.2 Å². The Labute approximate surface area is 101 Å². The van der Waals surface area contributed by atoms with Gasteiger partial charge in [-0.15, -0.1) is 0 Å². The molecule has 1 N–H and O–H groups in total. The van der Waals surface area contributed by atoms with Gasteiger partial charge in [0, 0.05) is 6.54 Å². The zero-order valence-corrected chi connectivity index (χ0v) is 10.3. The number of likely N-dealkylation sites (tertiary alicyclic amines) is 1. The molecule has 0 saturated carbocycles. The Morgan fingerprint density at radius 3 is 2.94 bits per heavy atom. The molecular weight excluding hydrogens is 220 g/mol. The molecule has 2 aliphatic heterocycles. The number of nitrogens with zero attached hydrogens (tertiary/aromatic N) is 1. The normalized spacial score (nSPS) is 30.8. The summed E-state index contributed by atoms with van der Waals surface area (Å²) in [6.45, 7) is 1.57. The van der Waals surface area contributed by atoms with Gasteiger partial charge in [0.2, 0.25) is 5.91 Å². The molecule has 2 saturated heterocycles. The molecule has 1 amide bonds. The van der Waals surface area contributed by atoms with Crippen molar-refractivity contribution in [2.45, 2.75) is 44.2 Å². The van der Waals surface area contributed by atoms with E-state index in [1.807, 2.05) is 4.90 Å². The van der Waals surface area contributed by atoms with Gasteiger partial charge >= 0.3 is 5.97 Å². The Hall–Kier alpha value is -1.10. The molecule has 0 spiro atoms. The molecule has 2 rings (SSSR count). The van der Waals surface area contributed by atoms with Gasteiger partial charge in [0.1, 0.15) is 6.04 Å². The number of methoxy groups -OCH3 is 1. The van der Waals surface area contributed by atoms with Gasteiger partial charge in [-0.25, -0.2) is 0 Å². The van der Waals surface area contributed by atoms with Gasteiger partial charge in [0.15, 0.2) is 0 Å². The SMILES string of the molecule is COC(=O)C1CCCN1C1CCCCNC1=O. The summed E-state index contributed by atoms with van der Waals surface area (Å²) in [7, 11) is 1.41. The van der Waals surface area contributed by atoms with Crippen LogP contribution in [0.3, 0.4) is 0 Å². The van der Waals surface area contributed by atoms with Crippen molar-refractivity contribution < 1.29 is 14.3 Å². The first-order chi connectivity index (χ1) is 8.24. The molecule has 0 radical (unpaired) electrons. The van der Waals surface area contributed by atoms with Crippen molar-refractivity contribution in [1.82, 2.24) is 10.2 Å². The number of ether oxygens (including phenoxy) is 1. The van der Waals surface area contributed by atoms with Gasteiger partial charge in [0.05, 0.1) is 13.2 Å². The average Bonchev–Trinajstić information content (AvgIpc) is 2.72. The highest BCUT2D eigenvalue weighted by Gasteiger charge is 2.39. The third-order valence-electron chi connectivity index (χ3n) is 3.67. The number of carbonyl (C=O) groups excluding carboxylic acids is 2. The molecule has 2 aliphatic rings. The second kappa shape index (κ2) is 5.49. The van der Waals surface area contributed by atoms with Gasteiger partial charge < -0.3 is 10.1 Å². The maximum absolute atomic E-state index is 12.0. The van der Waals surface area contributed by atoms with Crippen LogP contribution in [0.25, 0.3) is 0 Å². The van der Waals surface area contributed by atoms with Crippen LogP contribution in [-0.2, 0) is 14.3 Å². The molecule has 2 heterocycles. The van der Waals surface area contributed by atoms with Crippen LogP contribution in [0.5, 0.6) is 0 Å². The Morgan fingerprint density at radius 1 is 1.35 bits per heavy atom. The monoisotopic (exact) mass is 240 g/mol. The number of esters is 1. The lowest BCUT2D eigenvalue weighted by atomic mass is 10.1. The van der Waals surface area contributed by atoms with Crippen molar-refractivity contribution in [3.63, 3.8) is 0 Å². The first-order valence-electron chi connectivity index (χ1n) is 6.35. The quantitative estimate of drug-likeness (QED) is 0.705. The third-order valence-corrected chi connectivity index (χ3v) is 3.67. The fourth-order valence-corrected chi connectivity index (χ4v) is 2.79. The highest BCUT2D eigenvalue weighted by Crippen LogP contribution is 2.24. The number of hydrogen-bond acceptors (Lipinski definition) is 4. The van der Waals surface area contributed by atoms with Crippen LogP contribution in [0.1, 0.15) is 32.1 Å². The number of carbonyl (C=O) groups is 2. The molecule has 2 atom stereocenters. The summed E-state index contributed by atoms with van der Waals surface area (Å²) in [5.41, 5.74) is 0. The van der Waals surface area contributed by atoms with Crippen LogP contribution in [0.4, 0.5) is 0 Å². The highest BCUT2D eigenvalue weighted by molar-refractivity contribution is 5.83. The predicted molar refractivity (Wildman–Crippen MR) is 62.4 cm³/mol. The molecule has 5 nitrogen and oxygen atoms in total. The zero-order valence-electron chi connectivity index (χ0n) is 10.3. The highest BCUT2D eigenvalue weighted by atomic mass is 16.5. The van der Waals surface area contributed by atoms with Gasteiger partial charge in [0.25, 0.3) is 0 Å². The van der Waals surface area contributed by atoms with Gasteiger partial charge in [-0.05, 0) is 38.6 Å². The smallest absolute Gasteiger partial charge is 0.323 e. The fourth-order valence-electron chi connectivity index (χ4n) is 2.79. The van der Waals surface area contributed by atoms with Crippen LogP contribution in [-0.4, -0.2) is 49.1 Å². The summed E-state index contributed by atoms with van der Waals surface area (Å²) in [4.78, 5) is 25.6. The Kier molecular flexibility index (Phi) is 3.99. The van der Waals surface area contributed by atoms with E-state index in [1.54, 1.807) is 0 Å². The van der Waals surface area contributed by atoms with E-state index in [9.17, 15) is 9.59 Å². The molecule has 0 aromatic rings. The van der Waals surface area contributed by atoms with E-state index in [0.29, 0.717) is 0 Å². The van der Waals surface area contributed by atoms with Crippen molar-refractivity contribution in [3.8, 4) is 0 Å². The zero-order chi connectivity index (χ0) is 12.3. The minimum Gasteiger partial charge on any atom is -0.468 e. The molecule has 17 heavy (non-hydrogen) atoms. The topological polar surface area (TPSA) is 58.6 Å². The van der Waals surface area contributed by atoms with Crippen LogP contribution in [0.2, 0.25) is 0 Å². The standard InChI is InChI=1S/C12H20N2O3/c1-17-12(16)10-6-4-8-14(10)9-5-2-3-7-13-11(9)15/h9-10H,2-8H2,1H3,(H,13,15). The van der Waals surface area contributed by atoms with E-state index in [4.69, 9.17) is 4.74 Å². The summed E-state index contributed by atoms with van der Waals surface area (Å²) >= 11 is 0. The lowest BCUT2D eigenvalue weighted by Crippen LogP contribution is -2.50. The average molecular weight is 240 g/mol. The van der Waals surface area contributed by atoms with E-state index in [2.05, 4.69) is 5.32 Å². The Morgan fingerprint density at radius 2 is 2.18 bits per heavy atom. The van der Waals surface area contributed by atoms with Gasteiger partial charge in [-0.3, -0.25) is 14.5 Å². The first-order valence-corrected chi connectivity index (χ1v) is 6.35. The van der Waals surface area contributed by atoms with Crippen LogP contribution >= 0.6 is 0 Å². The molecule has 0 bridgehead atoms. The first kappa shape index (κ1) is 12.4. The second-order valence-electron chi connectivity index (χ2n) is 4.72. The second-order valence-corrected chi connectivity index (χ2v) is 4.72. The van der Waals surface area contributed by atoms with Crippen LogP contribution < -0.4 is 5.32 Å². The number of hydrogen-bond donors (Lipinski definition) is 1. The maximum atomic E-state index is 12.0. The van der Waals surface area contributed by atoms with E-state index >= 15 is 0 Å². The molecule has 0 aromatic heterocycles. The summed E-state index contributed by atoms with van der Waals surface area (Å²) in [5, 5.41) is 2.92. The minimum absolute atomic E-state index is 0.0679. The van der Waals surface area contributed by atoms with Crippen LogP contribution in [0.15, 0.2) is 0 Å². The molecule has 5 heteroatoms. The van der Waals surface area contributed by atoms with Gasteiger partial charge in [-0.1, -0.05) is 0 Å². The molecule has 0 aliphatic carbocycles. The lowest BCUT2D eigenvalue weighted by molar-refractivity contribution is -0.147. The maximum Gasteiger partial charge on any atom is 0.323 e. The summed E-state index contributed by atoms with van der Waals surface area (Å²) < 4.78 is 4.81. The fraction of sp³-hybridized carbons (Fsp3) is 0.833. The molecule has 0 aromatic carbocycles. The largest absolute Gasteiger partial charge is 0.468 e. The van der Waals surface area contributed by atoms with Crippen molar-refractivity contribution in [2.75, 3.05) is 20.2 Å². The number of nitrogens with one attached hydrogen (secondary N) is 1. The van der Waals surface area contributed by atoms with Crippen molar-refractivity contribution in [2.24, 2.45) is 0 Å². The van der Waals surface area contributed by atoms with E-state index < -0.39 is 0 Å². The minimum atomic E-state index is -0.228. The summed E-state index contributed by atoms with van der Waals surface area (Å²) in [6, 6.07) is -0.377. The van der Waals surface area contributed by atoms with Gasteiger partial charge in [-0.2, -0.15) is 0 Å². The Bertz CT molecular complexity index is 306. The van der Waals surface area contributed by atoms with E-state index in [-0.39, 0.29) is 24.0 Å². The van der Waals surface area contributed by atoms with Crippen molar-refractivity contribution in [1.29, 1.82) is 0 Å². The Balaban J connectivity index is 2.08. The molecule has 2 fully saturated rings. The molecule has 2 unspecified atom stereocenters. The third kappa shape index (κ3) is 2.60.